The van der Waals surface area contributed by atoms with Crippen LogP contribution in [0.1, 0.15) is 36.5 Å². The first kappa shape index (κ1) is 11.6. The summed E-state index contributed by atoms with van der Waals surface area (Å²) < 4.78 is 1.04. The normalized spacial score (nSPS) is 14.9. The van der Waals surface area contributed by atoms with Crippen molar-refractivity contribution < 1.29 is 4.79 Å². The number of halogens is 1. The Hall–Kier alpha value is -0.830. The van der Waals surface area contributed by atoms with Gasteiger partial charge in [0.2, 0.25) is 0 Å². The minimum Gasteiger partial charge on any atom is -0.368 e. The van der Waals surface area contributed by atoms with Gasteiger partial charge in [-0.3, -0.25) is 4.79 Å². The molecule has 0 saturated heterocycles. The number of benzene rings is 1. The largest absolute Gasteiger partial charge is 0.368 e. The van der Waals surface area contributed by atoms with E-state index in [2.05, 4.69) is 33.8 Å². The zero-order valence-corrected chi connectivity index (χ0v) is 11.0. The highest BCUT2D eigenvalue weighted by Crippen LogP contribution is 2.34. The van der Waals surface area contributed by atoms with Crippen LogP contribution >= 0.6 is 15.9 Å². The Balaban J connectivity index is 2.34. The molecule has 3 heteroatoms. The lowest BCUT2D eigenvalue weighted by molar-refractivity contribution is 0.112. The van der Waals surface area contributed by atoms with Gasteiger partial charge in [0.15, 0.2) is 6.29 Å². The number of anilines is 1. The van der Waals surface area contributed by atoms with Crippen molar-refractivity contribution in [2.24, 2.45) is 0 Å². The first-order valence-corrected chi connectivity index (χ1v) is 6.57. The molecule has 0 spiro atoms. The lowest BCUT2D eigenvalue weighted by atomic mass is 10.1. The zero-order valence-electron chi connectivity index (χ0n) is 9.45. The van der Waals surface area contributed by atoms with Crippen LogP contribution in [0.15, 0.2) is 22.7 Å². The summed E-state index contributed by atoms with van der Waals surface area (Å²) in [5, 5.41) is 0. The Morgan fingerprint density at radius 2 is 2.25 bits per heavy atom. The summed E-state index contributed by atoms with van der Waals surface area (Å²) >= 11 is 3.47. The van der Waals surface area contributed by atoms with Gasteiger partial charge in [0.1, 0.15) is 0 Å². The van der Waals surface area contributed by atoms with Gasteiger partial charge >= 0.3 is 0 Å². The molecule has 1 aromatic rings. The number of nitrogens with zero attached hydrogens (tertiary/aromatic N) is 1. The highest BCUT2D eigenvalue weighted by Gasteiger charge is 2.29. The van der Waals surface area contributed by atoms with E-state index in [1.807, 2.05) is 12.1 Å². The van der Waals surface area contributed by atoms with E-state index in [1.54, 1.807) is 0 Å². The summed E-state index contributed by atoms with van der Waals surface area (Å²) in [6.07, 6.45) is 4.57. The molecule has 2 nitrogen and oxygen atoms in total. The van der Waals surface area contributed by atoms with Crippen molar-refractivity contribution in [3.63, 3.8) is 0 Å². The summed E-state index contributed by atoms with van der Waals surface area (Å²) in [7, 11) is 0. The van der Waals surface area contributed by atoms with Crippen LogP contribution in [0.2, 0.25) is 0 Å². The van der Waals surface area contributed by atoms with Crippen molar-refractivity contribution in [1.82, 2.24) is 0 Å². The minimum absolute atomic E-state index is 0.646. The third-order valence-electron chi connectivity index (χ3n) is 2.88. The molecule has 86 valence electrons. The second kappa shape index (κ2) is 5.00. The molecule has 1 saturated carbocycles. The molecule has 0 radical (unpaired) electrons. The van der Waals surface area contributed by atoms with E-state index in [1.165, 1.54) is 12.8 Å². The topological polar surface area (TPSA) is 20.3 Å². The van der Waals surface area contributed by atoms with Crippen LogP contribution in [0, 0.1) is 0 Å². The van der Waals surface area contributed by atoms with Crippen molar-refractivity contribution in [1.29, 1.82) is 0 Å². The highest BCUT2D eigenvalue weighted by molar-refractivity contribution is 9.10. The molecular weight excluding hydrogens is 266 g/mol. The maximum absolute atomic E-state index is 11.0. The number of rotatable bonds is 5. The van der Waals surface area contributed by atoms with Gasteiger partial charge in [-0.2, -0.15) is 0 Å². The number of carbonyl (C=O) groups excluding carboxylic acids is 1. The molecular formula is C13H16BrNO. The number of carbonyl (C=O) groups is 1. The molecule has 0 atom stereocenters. The fourth-order valence-electron chi connectivity index (χ4n) is 1.99. The molecule has 0 N–H and O–H groups in total. The Morgan fingerprint density at radius 3 is 2.81 bits per heavy atom. The summed E-state index contributed by atoms with van der Waals surface area (Å²) in [4.78, 5) is 13.4. The van der Waals surface area contributed by atoms with Gasteiger partial charge in [0, 0.05) is 28.3 Å². The average molecular weight is 282 g/mol. The number of hydrogen-bond acceptors (Lipinski definition) is 2. The quantitative estimate of drug-likeness (QED) is 0.768. The Bertz CT molecular complexity index is 388. The Labute approximate surface area is 105 Å². The van der Waals surface area contributed by atoms with Crippen molar-refractivity contribution in [3.05, 3.63) is 28.2 Å². The fraction of sp³-hybridized carbons (Fsp3) is 0.462. The lowest BCUT2D eigenvalue weighted by Gasteiger charge is -2.25. The molecule has 1 aliphatic rings. The lowest BCUT2D eigenvalue weighted by Crippen LogP contribution is -2.27. The van der Waals surface area contributed by atoms with Crippen molar-refractivity contribution in [2.45, 2.75) is 32.2 Å². The fourth-order valence-corrected chi connectivity index (χ4v) is 2.34. The minimum atomic E-state index is 0.646. The van der Waals surface area contributed by atoms with Gasteiger partial charge in [-0.15, -0.1) is 0 Å². The summed E-state index contributed by atoms with van der Waals surface area (Å²) in [5.41, 5.74) is 1.87. The van der Waals surface area contributed by atoms with Gasteiger partial charge in [0.25, 0.3) is 0 Å². The second-order valence-corrected chi connectivity index (χ2v) is 5.16. The van der Waals surface area contributed by atoms with Gasteiger partial charge in [0.05, 0.1) is 0 Å². The predicted octanol–water partition coefficient (Wildman–Crippen LogP) is 3.64. The van der Waals surface area contributed by atoms with Gasteiger partial charge < -0.3 is 4.90 Å². The first-order chi connectivity index (χ1) is 7.76. The summed E-state index contributed by atoms with van der Waals surface area (Å²) in [5.74, 6) is 0. The van der Waals surface area contributed by atoms with E-state index < -0.39 is 0 Å². The van der Waals surface area contributed by atoms with Gasteiger partial charge in [-0.1, -0.05) is 22.9 Å². The molecule has 1 fully saturated rings. The third-order valence-corrected chi connectivity index (χ3v) is 3.37. The molecule has 0 amide bonds. The molecule has 1 aliphatic carbocycles. The maximum Gasteiger partial charge on any atom is 0.152 e. The Kier molecular flexibility index (Phi) is 3.64. The van der Waals surface area contributed by atoms with E-state index in [4.69, 9.17) is 0 Å². The smallest absolute Gasteiger partial charge is 0.152 e. The van der Waals surface area contributed by atoms with Crippen LogP contribution in [0.4, 0.5) is 5.69 Å². The first-order valence-electron chi connectivity index (χ1n) is 5.77. The van der Waals surface area contributed by atoms with Crippen LogP contribution in [-0.2, 0) is 0 Å². The third kappa shape index (κ3) is 2.46. The van der Waals surface area contributed by atoms with E-state index >= 15 is 0 Å². The van der Waals surface area contributed by atoms with Crippen LogP contribution < -0.4 is 4.90 Å². The van der Waals surface area contributed by atoms with Crippen LogP contribution in [0.3, 0.4) is 0 Å². The van der Waals surface area contributed by atoms with Crippen LogP contribution in [0.5, 0.6) is 0 Å². The SMILES string of the molecule is CCCN(c1cc(Br)ccc1C=O)C1CC1. The average Bonchev–Trinajstić information content (AvgIpc) is 3.10. The Morgan fingerprint density at radius 1 is 1.50 bits per heavy atom. The molecule has 0 aromatic heterocycles. The van der Waals surface area contributed by atoms with Crippen molar-refractivity contribution in [3.8, 4) is 0 Å². The zero-order chi connectivity index (χ0) is 11.5. The molecule has 0 unspecified atom stereocenters. The molecule has 16 heavy (non-hydrogen) atoms. The van der Waals surface area contributed by atoms with Crippen LogP contribution in [0.25, 0.3) is 0 Å². The van der Waals surface area contributed by atoms with Crippen molar-refractivity contribution >= 4 is 27.9 Å². The molecule has 0 aliphatic heterocycles. The highest BCUT2D eigenvalue weighted by atomic mass is 79.9. The summed E-state index contributed by atoms with van der Waals surface area (Å²) in [6.45, 7) is 3.20. The van der Waals surface area contributed by atoms with E-state index in [-0.39, 0.29) is 0 Å². The molecule has 0 bridgehead atoms. The van der Waals surface area contributed by atoms with Crippen LogP contribution in [-0.4, -0.2) is 18.9 Å². The molecule has 0 heterocycles. The maximum atomic E-state index is 11.0. The second-order valence-electron chi connectivity index (χ2n) is 4.25. The predicted molar refractivity (Wildman–Crippen MR) is 70.2 cm³/mol. The molecule has 1 aromatic carbocycles. The number of aldehydes is 1. The van der Waals surface area contributed by atoms with E-state index in [0.29, 0.717) is 6.04 Å². The molecule has 2 rings (SSSR count). The number of hydrogen-bond donors (Lipinski definition) is 0. The van der Waals surface area contributed by atoms with Gasteiger partial charge in [-0.05, 0) is 37.5 Å². The van der Waals surface area contributed by atoms with Gasteiger partial charge in [-0.25, -0.2) is 0 Å². The van der Waals surface area contributed by atoms with E-state index in [0.717, 1.165) is 35.0 Å². The summed E-state index contributed by atoms with van der Waals surface area (Å²) in [6, 6.07) is 6.51. The standard InChI is InChI=1S/C13H16BrNO/c1-2-7-15(12-5-6-12)13-8-11(14)4-3-10(13)9-16/h3-4,8-9,12H,2,5-7H2,1H3. The van der Waals surface area contributed by atoms with Crippen molar-refractivity contribution in [2.75, 3.05) is 11.4 Å². The van der Waals surface area contributed by atoms with E-state index in [9.17, 15) is 4.79 Å². The monoisotopic (exact) mass is 281 g/mol.